The van der Waals surface area contributed by atoms with Gasteiger partial charge in [-0.1, -0.05) is 25.0 Å². The lowest BCUT2D eigenvalue weighted by Crippen LogP contribution is -2.43. The van der Waals surface area contributed by atoms with Gasteiger partial charge in [-0.05, 0) is 58.3 Å². The van der Waals surface area contributed by atoms with Crippen LogP contribution in [0.3, 0.4) is 0 Å². The van der Waals surface area contributed by atoms with Crippen molar-refractivity contribution in [2.24, 2.45) is 0 Å². The first kappa shape index (κ1) is 15.4. The van der Waals surface area contributed by atoms with Crippen molar-refractivity contribution in [3.8, 4) is 0 Å². The topological polar surface area (TPSA) is 50.9 Å². The van der Waals surface area contributed by atoms with E-state index in [4.69, 9.17) is 10.8 Å². The van der Waals surface area contributed by atoms with Gasteiger partial charge in [-0.25, -0.2) is 0 Å². The van der Waals surface area contributed by atoms with Gasteiger partial charge in [-0.3, -0.25) is 0 Å². The molecule has 1 saturated heterocycles. The van der Waals surface area contributed by atoms with Crippen LogP contribution in [0.4, 0.5) is 0 Å². The number of nitrogens with zero attached hydrogens (tertiary/aromatic N) is 1. The third kappa shape index (κ3) is 2.32. The van der Waals surface area contributed by atoms with Gasteiger partial charge < -0.3 is 15.7 Å². The summed E-state index contributed by atoms with van der Waals surface area (Å²) in [7, 11) is 2.26. The largest absolute Gasteiger partial charge is 0.305 e. The standard InChI is InChI=1S/C19H27N3/c1-13(20)16-8-7-15(12-17(16)14(2)21)19-9-5-4-6-18(19)22(3)11-10-19/h7-8,12,18,20-21H,4-6,9-11H2,1-3H3/t18-,19-/m0/s1. The van der Waals surface area contributed by atoms with Crippen molar-refractivity contribution < 1.29 is 0 Å². The Morgan fingerprint density at radius 3 is 2.50 bits per heavy atom. The van der Waals surface area contributed by atoms with Crippen LogP contribution in [0.15, 0.2) is 18.2 Å². The summed E-state index contributed by atoms with van der Waals surface area (Å²) < 4.78 is 0. The third-order valence-corrected chi connectivity index (χ3v) is 5.83. The molecule has 0 spiro atoms. The van der Waals surface area contributed by atoms with Gasteiger partial charge in [-0.15, -0.1) is 0 Å². The van der Waals surface area contributed by atoms with Gasteiger partial charge >= 0.3 is 0 Å². The zero-order valence-corrected chi connectivity index (χ0v) is 14.0. The predicted octanol–water partition coefficient (Wildman–Crippen LogP) is 3.98. The summed E-state index contributed by atoms with van der Waals surface area (Å²) in [5, 5.41) is 16.1. The molecule has 0 amide bonds. The van der Waals surface area contributed by atoms with E-state index in [1.807, 2.05) is 13.8 Å². The molecule has 1 heterocycles. The fraction of sp³-hybridized carbons (Fsp3) is 0.579. The van der Waals surface area contributed by atoms with E-state index in [0.29, 0.717) is 17.5 Å². The molecule has 3 nitrogen and oxygen atoms in total. The first-order valence-electron chi connectivity index (χ1n) is 8.41. The summed E-state index contributed by atoms with van der Waals surface area (Å²) >= 11 is 0. The molecule has 2 aliphatic rings. The van der Waals surface area contributed by atoms with E-state index in [2.05, 4.69) is 30.1 Å². The van der Waals surface area contributed by atoms with Crippen LogP contribution in [-0.2, 0) is 5.41 Å². The summed E-state index contributed by atoms with van der Waals surface area (Å²) in [4.78, 5) is 2.53. The maximum absolute atomic E-state index is 8.10. The monoisotopic (exact) mass is 297 g/mol. The molecule has 3 rings (SSSR count). The van der Waals surface area contributed by atoms with Gasteiger partial charge in [0.15, 0.2) is 0 Å². The second kappa shape index (κ2) is 5.62. The van der Waals surface area contributed by atoms with Gasteiger partial charge in [0, 0.05) is 34.0 Å². The minimum Gasteiger partial charge on any atom is -0.305 e. The lowest BCUT2D eigenvalue weighted by atomic mass is 9.66. The quantitative estimate of drug-likeness (QED) is 0.815. The number of hydrogen-bond donors (Lipinski definition) is 2. The number of hydrogen-bond acceptors (Lipinski definition) is 3. The molecule has 2 atom stereocenters. The predicted molar refractivity (Wildman–Crippen MR) is 92.6 cm³/mol. The van der Waals surface area contributed by atoms with Crippen LogP contribution in [0.5, 0.6) is 0 Å². The molecule has 0 unspecified atom stereocenters. The molecular formula is C19H27N3. The number of likely N-dealkylation sites (N-methyl/N-ethyl adjacent to an activating group) is 1. The highest BCUT2D eigenvalue weighted by atomic mass is 15.2. The van der Waals surface area contributed by atoms with Crippen molar-refractivity contribution in [3.63, 3.8) is 0 Å². The van der Waals surface area contributed by atoms with Crippen LogP contribution >= 0.6 is 0 Å². The average molecular weight is 297 g/mol. The van der Waals surface area contributed by atoms with E-state index >= 15 is 0 Å². The van der Waals surface area contributed by atoms with Crippen molar-refractivity contribution in [2.75, 3.05) is 13.6 Å². The molecule has 1 aliphatic carbocycles. The summed E-state index contributed by atoms with van der Waals surface area (Å²) in [6, 6.07) is 7.17. The maximum atomic E-state index is 8.10. The fourth-order valence-corrected chi connectivity index (χ4v) is 4.66. The highest BCUT2D eigenvalue weighted by Crippen LogP contribution is 2.48. The van der Waals surface area contributed by atoms with Crippen LogP contribution < -0.4 is 0 Å². The minimum absolute atomic E-state index is 0.270. The normalized spacial score (nSPS) is 28.4. The number of likely N-dealkylation sites (tertiary alicyclic amines) is 1. The van der Waals surface area contributed by atoms with Crippen molar-refractivity contribution >= 4 is 11.4 Å². The molecule has 2 fully saturated rings. The highest BCUT2D eigenvalue weighted by molar-refractivity contribution is 6.09. The van der Waals surface area contributed by atoms with Gasteiger partial charge in [0.25, 0.3) is 0 Å². The Hall–Kier alpha value is -1.48. The average Bonchev–Trinajstić information content (AvgIpc) is 2.85. The highest BCUT2D eigenvalue weighted by Gasteiger charge is 2.48. The van der Waals surface area contributed by atoms with Crippen molar-refractivity contribution in [1.82, 2.24) is 4.90 Å². The minimum atomic E-state index is 0.270. The van der Waals surface area contributed by atoms with Crippen LogP contribution in [0, 0.1) is 10.8 Å². The molecule has 3 heteroatoms. The van der Waals surface area contributed by atoms with E-state index in [0.717, 1.165) is 11.1 Å². The lowest BCUT2D eigenvalue weighted by Gasteiger charge is -2.42. The molecule has 1 saturated carbocycles. The number of benzene rings is 1. The van der Waals surface area contributed by atoms with E-state index in [-0.39, 0.29) is 5.41 Å². The van der Waals surface area contributed by atoms with Gasteiger partial charge in [0.2, 0.25) is 0 Å². The van der Waals surface area contributed by atoms with Gasteiger partial charge in [-0.2, -0.15) is 0 Å². The summed E-state index contributed by atoms with van der Waals surface area (Å²) in [6.45, 7) is 4.82. The first-order chi connectivity index (χ1) is 10.5. The Labute approximate surface area is 133 Å². The van der Waals surface area contributed by atoms with Crippen molar-refractivity contribution in [1.29, 1.82) is 10.8 Å². The number of rotatable bonds is 3. The van der Waals surface area contributed by atoms with Crippen LogP contribution in [0.1, 0.15) is 62.6 Å². The molecule has 0 aromatic heterocycles. The smallest absolute Gasteiger partial charge is 0.0362 e. The van der Waals surface area contributed by atoms with E-state index in [9.17, 15) is 0 Å². The van der Waals surface area contributed by atoms with Crippen molar-refractivity contribution in [2.45, 2.75) is 57.4 Å². The summed E-state index contributed by atoms with van der Waals surface area (Å²) in [5.74, 6) is 0. The Morgan fingerprint density at radius 2 is 1.82 bits per heavy atom. The SMILES string of the molecule is CC(=N)c1ccc([C@@]23CCCC[C@@H]2N(C)CC3)cc1C(C)=N. The Balaban J connectivity index is 2.09. The number of fused-ring (bicyclic) bond motifs is 1. The first-order valence-corrected chi connectivity index (χ1v) is 8.41. The zero-order valence-electron chi connectivity index (χ0n) is 14.0. The van der Waals surface area contributed by atoms with Crippen molar-refractivity contribution in [3.05, 3.63) is 34.9 Å². The zero-order chi connectivity index (χ0) is 15.9. The molecule has 2 N–H and O–H groups in total. The molecule has 118 valence electrons. The van der Waals surface area contributed by atoms with E-state index < -0.39 is 0 Å². The van der Waals surface area contributed by atoms with E-state index in [1.165, 1.54) is 44.2 Å². The Kier molecular flexibility index (Phi) is 3.94. The second-order valence-electron chi connectivity index (χ2n) is 7.16. The molecule has 22 heavy (non-hydrogen) atoms. The maximum Gasteiger partial charge on any atom is 0.0362 e. The second-order valence-corrected chi connectivity index (χ2v) is 7.16. The molecule has 0 bridgehead atoms. The Bertz CT molecular complexity index is 615. The van der Waals surface area contributed by atoms with Crippen LogP contribution in [-0.4, -0.2) is 36.0 Å². The molecule has 1 aliphatic heterocycles. The lowest BCUT2D eigenvalue weighted by molar-refractivity contribution is 0.182. The Morgan fingerprint density at radius 1 is 1.09 bits per heavy atom. The fourth-order valence-electron chi connectivity index (χ4n) is 4.66. The third-order valence-electron chi connectivity index (χ3n) is 5.83. The molecule has 0 radical (unpaired) electrons. The number of nitrogens with one attached hydrogen (secondary N) is 2. The van der Waals surface area contributed by atoms with Gasteiger partial charge in [0.05, 0.1) is 0 Å². The van der Waals surface area contributed by atoms with Gasteiger partial charge in [0.1, 0.15) is 0 Å². The van der Waals surface area contributed by atoms with Crippen LogP contribution in [0.25, 0.3) is 0 Å². The summed E-state index contributed by atoms with van der Waals surface area (Å²) in [5.41, 5.74) is 4.64. The summed E-state index contributed by atoms with van der Waals surface area (Å²) in [6.07, 6.45) is 6.44. The molecule has 1 aromatic rings. The molecule has 1 aromatic carbocycles. The molecular weight excluding hydrogens is 270 g/mol. The van der Waals surface area contributed by atoms with E-state index in [1.54, 1.807) is 0 Å². The van der Waals surface area contributed by atoms with Crippen LogP contribution in [0.2, 0.25) is 0 Å².